The lowest BCUT2D eigenvalue weighted by molar-refractivity contribution is -0.474. The summed E-state index contributed by atoms with van der Waals surface area (Å²) in [6.45, 7) is 0. The van der Waals surface area contributed by atoms with Crippen molar-refractivity contribution in [2.75, 3.05) is 11.5 Å². The van der Waals surface area contributed by atoms with E-state index in [-0.39, 0.29) is 0 Å². The summed E-state index contributed by atoms with van der Waals surface area (Å²) in [5.41, 5.74) is 0. The minimum atomic E-state index is -9.24. The van der Waals surface area contributed by atoms with E-state index in [4.69, 9.17) is 5.11 Å². The minimum absolute atomic E-state index is 1.17. The number of hydrogen-bond donors (Lipinski definition) is 1. The SMILES string of the molecule is O=C(O)CCS(=O)CCC(F)(F)C(F)(F)C(F)(F)C(F)(F)C(F)(F)C(F)(F)C(F)(F)C(F)(F)C(F)(F)C(F)(F)F. The van der Waals surface area contributed by atoms with E-state index in [2.05, 4.69) is 0 Å². The van der Waals surface area contributed by atoms with E-state index in [1.54, 1.807) is 0 Å². The Bertz CT molecular complexity index is 953. The van der Waals surface area contributed by atoms with Gasteiger partial charge in [0.25, 0.3) is 0 Å². The molecule has 0 aromatic carbocycles. The monoisotopic (exact) mass is 668 g/mol. The lowest BCUT2D eigenvalue weighted by atomic mass is 9.86. The van der Waals surface area contributed by atoms with Gasteiger partial charge in [-0.2, -0.15) is 92.2 Å². The molecule has 240 valence electrons. The van der Waals surface area contributed by atoms with E-state index >= 15 is 0 Å². The van der Waals surface area contributed by atoms with Crippen molar-refractivity contribution in [3.05, 3.63) is 0 Å². The van der Waals surface area contributed by atoms with Crippen molar-refractivity contribution < 1.29 is 106 Å². The molecule has 0 aromatic rings. The predicted molar refractivity (Wildman–Crippen MR) is 85.3 cm³/mol. The normalized spacial score (nSPS) is 16.7. The quantitative estimate of drug-likeness (QED) is 0.206. The summed E-state index contributed by atoms with van der Waals surface area (Å²) >= 11 is 0. The molecule has 0 fully saturated rings. The fourth-order valence-corrected chi connectivity index (χ4v) is 3.38. The fourth-order valence-electron chi connectivity index (χ4n) is 2.29. The van der Waals surface area contributed by atoms with Crippen LogP contribution in [0.2, 0.25) is 0 Å². The topological polar surface area (TPSA) is 54.4 Å². The maximum atomic E-state index is 13.7. The van der Waals surface area contributed by atoms with Crippen LogP contribution in [-0.4, -0.2) is 86.3 Å². The Morgan fingerprint density at radius 1 is 0.475 bits per heavy atom. The number of rotatable bonds is 14. The van der Waals surface area contributed by atoms with Crippen LogP contribution in [0, 0.1) is 0 Å². The van der Waals surface area contributed by atoms with Crippen LogP contribution in [-0.2, 0) is 15.6 Å². The minimum Gasteiger partial charge on any atom is -0.481 e. The molecule has 0 radical (unpaired) electrons. The molecule has 0 saturated heterocycles. The summed E-state index contributed by atoms with van der Waals surface area (Å²) < 4.78 is 289. The third-order valence-corrected chi connectivity index (χ3v) is 6.08. The molecule has 0 aliphatic carbocycles. The smallest absolute Gasteiger partial charge is 0.460 e. The van der Waals surface area contributed by atoms with Crippen molar-refractivity contribution in [2.45, 2.75) is 72.3 Å². The molecule has 0 amide bonds. The van der Waals surface area contributed by atoms with Crippen LogP contribution in [0.25, 0.3) is 0 Å². The van der Waals surface area contributed by atoms with E-state index in [0.717, 1.165) is 0 Å². The summed E-state index contributed by atoms with van der Waals surface area (Å²) in [7, 11) is -2.98. The van der Waals surface area contributed by atoms with E-state index in [0.29, 0.717) is 0 Å². The van der Waals surface area contributed by atoms with Crippen LogP contribution in [0.3, 0.4) is 0 Å². The molecule has 1 unspecified atom stereocenters. The number of hydrogen-bond acceptors (Lipinski definition) is 2. The number of aliphatic carboxylic acids is 1. The van der Waals surface area contributed by atoms with Crippen LogP contribution in [0.15, 0.2) is 0 Å². The van der Waals surface area contributed by atoms with Crippen molar-refractivity contribution in [3.63, 3.8) is 0 Å². The summed E-state index contributed by atoms with van der Waals surface area (Å²) in [5.74, 6) is -82.7. The van der Waals surface area contributed by atoms with Gasteiger partial charge in [-0.15, -0.1) is 0 Å². The highest BCUT2D eigenvalue weighted by atomic mass is 32.2. The first-order valence-electron chi connectivity index (χ1n) is 9.10. The van der Waals surface area contributed by atoms with Gasteiger partial charge >= 0.3 is 65.4 Å². The van der Waals surface area contributed by atoms with E-state index in [1.807, 2.05) is 0 Å². The molecule has 1 atom stereocenters. The van der Waals surface area contributed by atoms with Crippen LogP contribution < -0.4 is 0 Å². The van der Waals surface area contributed by atoms with E-state index in [1.165, 1.54) is 0 Å². The second-order valence-electron chi connectivity index (χ2n) is 7.54. The maximum Gasteiger partial charge on any atom is 0.460 e. The van der Waals surface area contributed by atoms with Crippen LogP contribution in [0.4, 0.5) is 92.2 Å². The van der Waals surface area contributed by atoms with E-state index < -0.39 is 101 Å². The van der Waals surface area contributed by atoms with Crippen molar-refractivity contribution in [1.82, 2.24) is 0 Å². The van der Waals surface area contributed by atoms with Gasteiger partial charge in [-0.05, 0) is 0 Å². The first-order valence-corrected chi connectivity index (χ1v) is 10.6. The average Bonchev–Trinajstić information content (AvgIpc) is 2.74. The van der Waals surface area contributed by atoms with Gasteiger partial charge in [-0.1, -0.05) is 0 Å². The second-order valence-corrected chi connectivity index (χ2v) is 9.24. The molecule has 3 nitrogen and oxygen atoms in total. The van der Waals surface area contributed by atoms with Crippen LogP contribution in [0.5, 0.6) is 0 Å². The summed E-state index contributed by atoms with van der Waals surface area (Å²) in [6, 6.07) is 0. The molecular weight excluding hydrogens is 659 g/mol. The molecule has 0 aliphatic rings. The van der Waals surface area contributed by atoms with Gasteiger partial charge in [-0.3, -0.25) is 9.00 Å². The Morgan fingerprint density at radius 3 is 1.02 bits per heavy atom. The zero-order chi connectivity index (χ0) is 33.0. The molecule has 0 bridgehead atoms. The first-order chi connectivity index (χ1) is 17.1. The van der Waals surface area contributed by atoms with Gasteiger partial charge in [0.2, 0.25) is 0 Å². The summed E-state index contributed by atoms with van der Waals surface area (Å²) in [6.07, 6.45) is -12.2. The van der Waals surface area contributed by atoms with E-state index in [9.17, 15) is 101 Å². The number of alkyl halides is 21. The molecular formula is C15H9F21O3S. The Morgan fingerprint density at radius 2 is 0.750 bits per heavy atom. The standard InChI is InChI=1S/C15H9F21O3S/c16-6(17,2-4-40(39)3-1-5(37)38)7(18,19)8(20,21)9(22,23)10(24,25)11(26,27)12(28,29)13(30,31)14(32,33)15(34,35)36/h1-4H2,(H,37,38). The summed E-state index contributed by atoms with van der Waals surface area (Å²) in [4.78, 5) is 10.2. The van der Waals surface area contributed by atoms with Crippen LogP contribution in [0.1, 0.15) is 12.8 Å². The lowest BCUT2D eigenvalue weighted by Gasteiger charge is -2.44. The van der Waals surface area contributed by atoms with Crippen molar-refractivity contribution in [1.29, 1.82) is 0 Å². The van der Waals surface area contributed by atoms with Gasteiger partial charge in [-0.25, -0.2) is 0 Å². The zero-order valence-electron chi connectivity index (χ0n) is 17.9. The largest absolute Gasteiger partial charge is 0.481 e. The van der Waals surface area contributed by atoms with Crippen molar-refractivity contribution in [3.8, 4) is 0 Å². The highest BCUT2D eigenvalue weighted by Crippen LogP contribution is 2.66. The van der Waals surface area contributed by atoms with Gasteiger partial charge in [0.1, 0.15) is 0 Å². The molecule has 0 aromatic heterocycles. The van der Waals surface area contributed by atoms with Crippen LogP contribution >= 0.6 is 0 Å². The Labute approximate surface area is 208 Å². The van der Waals surface area contributed by atoms with Crippen molar-refractivity contribution >= 4 is 16.8 Å². The second kappa shape index (κ2) is 10.5. The molecule has 1 N–H and O–H groups in total. The number of carbonyl (C=O) groups is 1. The predicted octanol–water partition coefficient (Wildman–Crippen LogP) is 6.88. The molecule has 0 heterocycles. The van der Waals surface area contributed by atoms with Gasteiger partial charge in [0.15, 0.2) is 0 Å². The van der Waals surface area contributed by atoms with Gasteiger partial charge in [0.05, 0.1) is 6.42 Å². The lowest BCUT2D eigenvalue weighted by Crippen LogP contribution is -2.76. The Balaban J connectivity index is 6.72. The highest BCUT2D eigenvalue weighted by Gasteiger charge is 2.97. The molecule has 25 heteroatoms. The van der Waals surface area contributed by atoms with Gasteiger partial charge < -0.3 is 5.11 Å². The van der Waals surface area contributed by atoms with Gasteiger partial charge in [0, 0.05) is 28.7 Å². The molecule has 0 saturated carbocycles. The highest BCUT2D eigenvalue weighted by molar-refractivity contribution is 7.84. The maximum absolute atomic E-state index is 13.7. The number of carboxylic acid groups (broad SMARTS) is 1. The first kappa shape index (κ1) is 38.1. The third-order valence-electron chi connectivity index (χ3n) is 4.76. The zero-order valence-corrected chi connectivity index (χ0v) is 18.8. The molecule has 40 heavy (non-hydrogen) atoms. The Hall–Kier alpha value is -1.85. The van der Waals surface area contributed by atoms with Crippen molar-refractivity contribution in [2.24, 2.45) is 0 Å². The number of halogens is 21. The number of carboxylic acids is 1. The molecule has 0 aliphatic heterocycles. The third kappa shape index (κ3) is 5.50. The molecule has 0 rings (SSSR count). The average molecular weight is 668 g/mol. The molecule has 0 spiro atoms. The summed E-state index contributed by atoms with van der Waals surface area (Å²) in [5, 5.41) is 8.23. The Kier molecular flexibility index (Phi) is 9.97. The fraction of sp³-hybridized carbons (Fsp3) is 0.933.